The van der Waals surface area contributed by atoms with E-state index in [2.05, 4.69) is 15.4 Å². The second kappa shape index (κ2) is 7.99. The summed E-state index contributed by atoms with van der Waals surface area (Å²) >= 11 is 0. The highest BCUT2D eigenvalue weighted by Crippen LogP contribution is 2.28. The molecule has 164 valence electrons. The maximum atomic E-state index is 12.8. The summed E-state index contributed by atoms with van der Waals surface area (Å²) in [6.07, 6.45) is -2.75. The minimum absolute atomic E-state index is 0.168. The molecule has 0 fully saturated rings. The third kappa shape index (κ3) is 5.37. The topological polar surface area (TPSA) is 120 Å². The Kier molecular flexibility index (Phi) is 5.72. The SMILES string of the molecule is CC(C)(O)CCn1cc2cc(NC(=O)c3cccc(C(F)(F)F)n3)c(C(=O)[O-])cc2n1. The molecule has 0 aliphatic carbocycles. The van der Waals surface area contributed by atoms with E-state index in [1.165, 1.54) is 16.8 Å². The molecule has 0 aliphatic rings. The van der Waals surface area contributed by atoms with Crippen LogP contribution in [0.15, 0.2) is 36.5 Å². The molecule has 0 saturated carbocycles. The predicted octanol–water partition coefficient (Wildman–Crippen LogP) is 2.23. The number of benzene rings is 1. The zero-order valence-electron chi connectivity index (χ0n) is 16.5. The fourth-order valence-electron chi connectivity index (χ4n) is 2.80. The van der Waals surface area contributed by atoms with E-state index in [0.29, 0.717) is 23.9 Å². The van der Waals surface area contributed by atoms with E-state index in [0.717, 1.165) is 18.2 Å². The summed E-state index contributed by atoms with van der Waals surface area (Å²) in [6.45, 7) is 3.63. The average molecular weight is 435 g/mol. The molecule has 0 saturated heterocycles. The van der Waals surface area contributed by atoms with Gasteiger partial charge < -0.3 is 20.3 Å². The minimum atomic E-state index is -4.73. The Morgan fingerprint density at radius 1 is 1.23 bits per heavy atom. The maximum Gasteiger partial charge on any atom is 0.433 e. The molecule has 2 aromatic heterocycles. The Bertz CT molecular complexity index is 1150. The number of hydrogen-bond donors (Lipinski definition) is 2. The van der Waals surface area contributed by atoms with Crippen LogP contribution < -0.4 is 10.4 Å². The molecule has 1 amide bonds. The van der Waals surface area contributed by atoms with Gasteiger partial charge in [0, 0.05) is 23.7 Å². The van der Waals surface area contributed by atoms with Crippen LogP contribution in [0, 0.1) is 0 Å². The number of nitrogens with zero attached hydrogens (tertiary/aromatic N) is 3. The van der Waals surface area contributed by atoms with E-state index >= 15 is 0 Å². The summed E-state index contributed by atoms with van der Waals surface area (Å²) in [4.78, 5) is 27.2. The summed E-state index contributed by atoms with van der Waals surface area (Å²) in [5.74, 6) is -2.61. The number of carboxylic acids is 1. The average Bonchev–Trinajstić information content (AvgIpc) is 3.06. The Morgan fingerprint density at radius 3 is 2.55 bits per heavy atom. The molecule has 31 heavy (non-hydrogen) atoms. The van der Waals surface area contributed by atoms with Crippen LogP contribution in [0.25, 0.3) is 10.9 Å². The van der Waals surface area contributed by atoms with Crippen molar-refractivity contribution in [1.82, 2.24) is 14.8 Å². The monoisotopic (exact) mass is 435 g/mol. The van der Waals surface area contributed by atoms with Crippen LogP contribution >= 0.6 is 0 Å². The molecule has 8 nitrogen and oxygen atoms in total. The molecule has 2 N–H and O–H groups in total. The van der Waals surface area contributed by atoms with Gasteiger partial charge in [-0.3, -0.25) is 9.48 Å². The number of nitrogens with one attached hydrogen (secondary N) is 1. The van der Waals surface area contributed by atoms with Crippen LogP contribution in [0.5, 0.6) is 0 Å². The standard InChI is InChI=1S/C20H19F3N4O4/c1-19(2,31)6-7-27-10-11-8-15(12(18(29)30)9-14(11)26-27)25-17(28)13-4-3-5-16(24-13)20(21,22)23/h3-5,8-10,31H,6-7H2,1-2H3,(H,25,28)(H,29,30)/p-1. The van der Waals surface area contributed by atoms with Crippen molar-refractivity contribution < 1.29 is 33.0 Å². The molecule has 0 radical (unpaired) electrons. The third-order valence-electron chi connectivity index (χ3n) is 4.38. The van der Waals surface area contributed by atoms with E-state index in [1.807, 2.05) is 0 Å². The number of aliphatic hydroxyl groups is 1. The molecule has 3 rings (SSSR count). The van der Waals surface area contributed by atoms with E-state index in [-0.39, 0.29) is 11.3 Å². The zero-order chi connectivity index (χ0) is 23.0. The Balaban J connectivity index is 1.92. The van der Waals surface area contributed by atoms with E-state index in [1.54, 1.807) is 20.0 Å². The fourth-order valence-corrected chi connectivity index (χ4v) is 2.80. The number of anilines is 1. The normalized spacial score (nSPS) is 12.2. The van der Waals surface area contributed by atoms with Gasteiger partial charge in [0.2, 0.25) is 0 Å². The van der Waals surface area contributed by atoms with Crippen LogP contribution in [0.3, 0.4) is 0 Å². The van der Waals surface area contributed by atoms with Crippen LogP contribution in [0.1, 0.15) is 46.8 Å². The smallest absolute Gasteiger partial charge is 0.433 e. The number of carbonyl (C=O) groups excluding carboxylic acids is 2. The fraction of sp³-hybridized carbons (Fsp3) is 0.300. The summed E-state index contributed by atoms with van der Waals surface area (Å²) in [7, 11) is 0. The number of amides is 1. The number of aryl methyl sites for hydroxylation is 1. The first-order valence-corrected chi connectivity index (χ1v) is 9.14. The van der Waals surface area contributed by atoms with Gasteiger partial charge in [-0.2, -0.15) is 18.3 Å². The van der Waals surface area contributed by atoms with Crippen molar-refractivity contribution in [3.63, 3.8) is 0 Å². The van der Waals surface area contributed by atoms with Gasteiger partial charge in [-0.25, -0.2) is 4.98 Å². The van der Waals surface area contributed by atoms with Crippen molar-refractivity contribution in [3.8, 4) is 0 Å². The van der Waals surface area contributed by atoms with Gasteiger partial charge in [0.25, 0.3) is 5.91 Å². The molecule has 3 aromatic rings. The number of aromatic carboxylic acids is 1. The van der Waals surface area contributed by atoms with E-state index < -0.39 is 35.0 Å². The predicted molar refractivity (Wildman–Crippen MR) is 102 cm³/mol. The summed E-state index contributed by atoms with van der Waals surface area (Å²) in [5.41, 5.74) is -2.95. The van der Waals surface area contributed by atoms with Crippen molar-refractivity contribution in [2.45, 2.75) is 38.6 Å². The summed E-state index contributed by atoms with van der Waals surface area (Å²) < 4.78 is 40.0. The largest absolute Gasteiger partial charge is 0.545 e. The number of alkyl halides is 3. The van der Waals surface area contributed by atoms with Gasteiger partial charge in [-0.1, -0.05) is 6.07 Å². The zero-order valence-corrected chi connectivity index (χ0v) is 16.5. The number of fused-ring (bicyclic) bond motifs is 1. The lowest BCUT2D eigenvalue weighted by atomic mass is 10.1. The Morgan fingerprint density at radius 2 is 1.94 bits per heavy atom. The third-order valence-corrected chi connectivity index (χ3v) is 4.38. The molecule has 0 aliphatic heterocycles. The number of hydrogen-bond acceptors (Lipinski definition) is 6. The van der Waals surface area contributed by atoms with Crippen LogP contribution in [-0.2, 0) is 12.7 Å². The number of rotatable bonds is 6. The molecule has 2 heterocycles. The first-order valence-electron chi connectivity index (χ1n) is 9.14. The second-order valence-electron chi connectivity index (χ2n) is 7.56. The highest BCUT2D eigenvalue weighted by atomic mass is 19.4. The number of carboxylic acid groups (broad SMARTS) is 1. The second-order valence-corrected chi connectivity index (χ2v) is 7.56. The van der Waals surface area contributed by atoms with Gasteiger partial charge in [0.1, 0.15) is 11.4 Å². The van der Waals surface area contributed by atoms with Crippen molar-refractivity contribution >= 4 is 28.5 Å². The Hall–Kier alpha value is -3.47. The Labute approximate surface area is 174 Å². The lowest BCUT2D eigenvalue weighted by Crippen LogP contribution is -2.25. The summed E-state index contributed by atoms with van der Waals surface area (Å²) in [6, 6.07) is 5.36. The number of halogens is 3. The first-order chi connectivity index (χ1) is 14.3. The molecular formula is C20H18F3N4O4-. The van der Waals surface area contributed by atoms with Gasteiger partial charge in [-0.05, 0) is 44.5 Å². The maximum absolute atomic E-state index is 12.8. The van der Waals surface area contributed by atoms with Crippen molar-refractivity contribution in [1.29, 1.82) is 0 Å². The number of carbonyl (C=O) groups is 2. The van der Waals surface area contributed by atoms with Gasteiger partial charge in [-0.15, -0.1) is 0 Å². The van der Waals surface area contributed by atoms with Crippen LogP contribution in [-0.4, -0.2) is 37.3 Å². The van der Waals surface area contributed by atoms with Crippen molar-refractivity contribution in [2.24, 2.45) is 0 Å². The number of aromatic nitrogens is 3. The first kappa shape index (κ1) is 22.2. The highest BCUT2D eigenvalue weighted by Gasteiger charge is 2.33. The lowest BCUT2D eigenvalue weighted by Gasteiger charge is -2.16. The molecular weight excluding hydrogens is 417 g/mol. The minimum Gasteiger partial charge on any atom is -0.545 e. The lowest BCUT2D eigenvalue weighted by molar-refractivity contribution is -0.254. The number of pyridine rings is 1. The van der Waals surface area contributed by atoms with Gasteiger partial charge in [0.15, 0.2) is 0 Å². The molecule has 0 unspecified atom stereocenters. The molecule has 11 heteroatoms. The summed E-state index contributed by atoms with van der Waals surface area (Å²) in [5, 5.41) is 28.4. The van der Waals surface area contributed by atoms with Gasteiger partial charge >= 0.3 is 6.18 Å². The van der Waals surface area contributed by atoms with E-state index in [4.69, 9.17) is 0 Å². The van der Waals surface area contributed by atoms with Gasteiger partial charge in [0.05, 0.1) is 22.8 Å². The quantitative estimate of drug-likeness (QED) is 0.613. The molecule has 1 aromatic carbocycles. The molecule has 0 atom stereocenters. The van der Waals surface area contributed by atoms with E-state index in [9.17, 15) is 33.0 Å². The molecule has 0 bridgehead atoms. The molecule has 0 spiro atoms. The van der Waals surface area contributed by atoms with Crippen molar-refractivity contribution in [3.05, 3.63) is 53.5 Å². The highest BCUT2D eigenvalue weighted by molar-refractivity contribution is 6.08. The van der Waals surface area contributed by atoms with Crippen LogP contribution in [0.4, 0.5) is 18.9 Å². The van der Waals surface area contributed by atoms with Crippen LogP contribution in [0.2, 0.25) is 0 Å². The van der Waals surface area contributed by atoms with Crippen molar-refractivity contribution in [2.75, 3.05) is 5.32 Å².